The van der Waals surface area contributed by atoms with Gasteiger partial charge < -0.3 is 22.0 Å². The van der Waals surface area contributed by atoms with Crippen molar-refractivity contribution in [2.24, 2.45) is 0 Å². The number of nitrogens with zero attached hydrogens (tertiary/aromatic N) is 3. The second kappa shape index (κ2) is 14.2. The normalized spacial score (nSPS) is 17.2. The molecule has 2 saturated heterocycles. The van der Waals surface area contributed by atoms with Crippen molar-refractivity contribution in [3.63, 3.8) is 0 Å². The number of para-hydroxylation sites is 1. The molecular formula is C31H37ClN3O4S-. The highest BCUT2D eigenvalue weighted by atomic mass is 35.5. The Bertz CT molecular complexity index is 1310. The first-order valence-electron chi connectivity index (χ1n) is 13.8. The molecule has 2 aliphatic rings. The van der Waals surface area contributed by atoms with Crippen molar-refractivity contribution < 1.29 is 30.4 Å². The summed E-state index contributed by atoms with van der Waals surface area (Å²) in [6.07, 6.45) is 2.80. The topological polar surface area (TPSA) is 70.2 Å². The lowest BCUT2D eigenvalue weighted by molar-refractivity contribution is -0.119. The van der Waals surface area contributed by atoms with Crippen LogP contribution in [0.5, 0.6) is 0 Å². The Balaban J connectivity index is 0.00000370. The van der Waals surface area contributed by atoms with E-state index in [1.54, 1.807) is 12.1 Å². The summed E-state index contributed by atoms with van der Waals surface area (Å²) in [6, 6.07) is 27.6. The number of sulfonamides is 1. The number of amides is 1. The van der Waals surface area contributed by atoms with Gasteiger partial charge in [0.25, 0.3) is 0 Å². The summed E-state index contributed by atoms with van der Waals surface area (Å²) >= 11 is 0. The van der Waals surface area contributed by atoms with Gasteiger partial charge in [-0.25, -0.2) is 8.42 Å². The number of aryl methyl sites for hydroxylation is 1. The standard InChI is InChI=1S/C31H37N3O4S.ClH/c35-31(16-13-26-11-14-30(15-12-26)39(36,37)33-21-23-38-24-22-33)34(28-9-5-2-6-10-28)29-17-19-32(20-18-29)25-27-7-3-1-4-8-27;/h1-12,14-15,29H,13,16-25H2;1H/p-1. The molecule has 9 heteroatoms. The first-order valence-corrected chi connectivity index (χ1v) is 15.2. The van der Waals surface area contributed by atoms with Gasteiger partial charge in [-0.05, 0) is 54.7 Å². The van der Waals surface area contributed by atoms with Gasteiger partial charge in [0.15, 0.2) is 0 Å². The maximum atomic E-state index is 13.6. The molecule has 214 valence electrons. The van der Waals surface area contributed by atoms with E-state index < -0.39 is 10.0 Å². The molecule has 40 heavy (non-hydrogen) atoms. The van der Waals surface area contributed by atoms with Gasteiger partial charge in [0.2, 0.25) is 15.9 Å². The lowest BCUT2D eigenvalue weighted by atomic mass is 10.00. The fraction of sp³-hybridized carbons (Fsp3) is 0.387. The number of hydrogen-bond acceptors (Lipinski definition) is 5. The van der Waals surface area contributed by atoms with Crippen LogP contribution in [0.15, 0.2) is 89.8 Å². The Morgan fingerprint density at radius 3 is 2.02 bits per heavy atom. The molecule has 5 rings (SSSR count). The smallest absolute Gasteiger partial charge is 0.243 e. The number of benzene rings is 3. The number of ether oxygens (including phenoxy) is 1. The van der Waals surface area contributed by atoms with E-state index in [4.69, 9.17) is 4.74 Å². The van der Waals surface area contributed by atoms with Crippen LogP contribution in [-0.4, -0.2) is 69.0 Å². The van der Waals surface area contributed by atoms with Crippen LogP contribution in [0.25, 0.3) is 0 Å². The predicted octanol–water partition coefficient (Wildman–Crippen LogP) is 1.34. The number of hydrogen-bond donors (Lipinski definition) is 0. The SMILES string of the molecule is O=C(CCc1ccc(S(=O)(=O)N2CCOCC2)cc1)N(c1ccccc1)C1CCN(Cc2ccccc2)CC1.[Cl-]. The van der Waals surface area contributed by atoms with E-state index in [0.717, 1.165) is 43.7 Å². The van der Waals surface area contributed by atoms with Gasteiger partial charge in [0.05, 0.1) is 18.1 Å². The summed E-state index contributed by atoms with van der Waals surface area (Å²) in [7, 11) is -3.52. The number of rotatable bonds is 9. The van der Waals surface area contributed by atoms with Crippen LogP contribution in [0.4, 0.5) is 5.69 Å². The van der Waals surface area contributed by atoms with Gasteiger partial charge in [-0.1, -0.05) is 60.7 Å². The van der Waals surface area contributed by atoms with Crippen LogP contribution >= 0.6 is 0 Å². The molecule has 0 saturated carbocycles. The minimum Gasteiger partial charge on any atom is -1.00 e. The molecule has 2 aliphatic heterocycles. The molecule has 3 aromatic carbocycles. The molecule has 7 nitrogen and oxygen atoms in total. The van der Waals surface area contributed by atoms with Gasteiger partial charge in [0.1, 0.15) is 0 Å². The molecule has 0 atom stereocenters. The summed E-state index contributed by atoms with van der Waals surface area (Å²) in [5.74, 6) is 0.104. The minimum atomic E-state index is -3.52. The summed E-state index contributed by atoms with van der Waals surface area (Å²) in [4.78, 5) is 18.4. The first kappa shape index (κ1) is 30.2. The lowest BCUT2D eigenvalue weighted by Gasteiger charge is -2.38. The number of anilines is 1. The number of carbonyl (C=O) groups excluding carboxylic acids is 1. The van der Waals surface area contributed by atoms with Gasteiger partial charge in [-0.2, -0.15) is 4.31 Å². The number of piperidine rings is 1. The number of morpholine rings is 1. The quantitative estimate of drug-likeness (QED) is 0.381. The zero-order valence-electron chi connectivity index (χ0n) is 22.7. The van der Waals surface area contributed by atoms with E-state index in [2.05, 4.69) is 29.2 Å². The van der Waals surface area contributed by atoms with Crippen LogP contribution in [0.2, 0.25) is 0 Å². The third-order valence-electron chi connectivity index (χ3n) is 7.63. The highest BCUT2D eigenvalue weighted by Crippen LogP contribution is 2.26. The van der Waals surface area contributed by atoms with E-state index in [1.165, 1.54) is 9.87 Å². The van der Waals surface area contributed by atoms with Crippen molar-refractivity contribution in [1.82, 2.24) is 9.21 Å². The highest BCUT2D eigenvalue weighted by Gasteiger charge is 2.29. The molecule has 0 aliphatic carbocycles. The van der Waals surface area contributed by atoms with Crippen LogP contribution in [0.3, 0.4) is 0 Å². The van der Waals surface area contributed by atoms with E-state index in [0.29, 0.717) is 39.1 Å². The van der Waals surface area contributed by atoms with Crippen molar-refractivity contribution in [3.8, 4) is 0 Å². The molecule has 0 aromatic heterocycles. The molecular weight excluding hydrogens is 546 g/mol. The average molecular weight is 583 g/mol. The molecule has 0 N–H and O–H groups in total. The number of halogens is 1. The maximum Gasteiger partial charge on any atom is 0.243 e. The van der Waals surface area contributed by atoms with E-state index in [1.807, 2.05) is 53.4 Å². The maximum absolute atomic E-state index is 13.6. The van der Waals surface area contributed by atoms with Gasteiger partial charge in [-0.3, -0.25) is 9.69 Å². The highest BCUT2D eigenvalue weighted by molar-refractivity contribution is 7.89. The second-order valence-electron chi connectivity index (χ2n) is 10.3. The van der Waals surface area contributed by atoms with E-state index >= 15 is 0 Å². The van der Waals surface area contributed by atoms with Crippen LogP contribution in [-0.2, 0) is 32.5 Å². The summed E-state index contributed by atoms with van der Waals surface area (Å²) in [6.45, 7) is 4.43. The molecule has 0 radical (unpaired) electrons. The van der Waals surface area contributed by atoms with Crippen molar-refractivity contribution in [3.05, 3.63) is 96.1 Å². The summed E-state index contributed by atoms with van der Waals surface area (Å²) in [5, 5.41) is 0. The minimum absolute atomic E-state index is 0. The molecule has 2 fully saturated rings. The van der Waals surface area contributed by atoms with Gasteiger partial charge >= 0.3 is 0 Å². The largest absolute Gasteiger partial charge is 1.00 e. The second-order valence-corrected chi connectivity index (χ2v) is 12.2. The number of carbonyl (C=O) groups is 1. The predicted molar refractivity (Wildman–Crippen MR) is 153 cm³/mol. The van der Waals surface area contributed by atoms with Crippen LogP contribution in [0, 0.1) is 0 Å². The molecule has 0 spiro atoms. The Labute approximate surface area is 244 Å². The van der Waals surface area contributed by atoms with Crippen LogP contribution in [0.1, 0.15) is 30.4 Å². The van der Waals surface area contributed by atoms with Gasteiger partial charge in [0, 0.05) is 50.9 Å². The fourth-order valence-electron chi connectivity index (χ4n) is 5.46. The van der Waals surface area contributed by atoms with Crippen molar-refractivity contribution in [2.45, 2.75) is 43.2 Å². The van der Waals surface area contributed by atoms with Crippen molar-refractivity contribution in [2.75, 3.05) is 44.3 Å². The van der Waals surface area contributed by atoms with E-state index in [9.17, 15) is 13.2 Å². The van der Waals surface area contributed by atoms with Gasteiger partial charge in [-0.15, -0.1) is 0 Å². The van der Waals surface area contributed by atoms with E-state index in [-0.39, 0.29) is 29.3 Å². The Kier molecular flexibility index (Phi) is 10.8. The lowest BCUT2D eigenvalue weighted by Crippen LogP contribution is -3.00. The molecule has 3 aromatic rings. The Morgan fingerprint density at radius 1 is 0.800 bits per heavy atom. The van der Waals surface area contributed by atoms with Crippen LogP contribution < -0.4 is 17.3 Å². The molecule has 0 bridgehead atoms. The Hall–Kier alpha value is -2.75. The van der Waals surface area contributed by atoms with Crippen molar-refractivity contribution >= 4 is 21.6 Å². The first-order chi connectivity index (χ1) is 19.0. The zero-order chi connectivity index (χ0) is 27.1. The summed E-state index contributed by atoms with van der Waals surface area (Å²) < 4.78 is 32.6. The third-order valence-corrected chi connectivity index (χ3v) is 9.55. The Morgan fingerprint density at radius 2 is 1.40 bits per heavy atom. The number of likely N-dealkylation sites (tertiary alicyclic amines) is 1. The summed E-state index contributed by atoms with van der Waals surface area (Å²) in [5.41, 5.74) is 3.21. The van der Waals surface area contributed by atoms with Crippen molar-refractivity contribution in [1.29, 1.82) is 0 Å². The molecule has 0 unspecified atom stereocenters. The molecule has 2 heterocycles. The zero-order valence-corrected chi connectivity index (χ0v) is 24.3. The third kappa shape index (κ3) is 7.50. The molecule has 1 amide bonds. The fourth-order valence-corrected chi connectivity index (χ4v) is 6.87. The average Bonchev–Trinajstić information content (AvgIpc) is 2.99. The monoisotopic (exact) mass is 582 g/mol.